The number of benzene rings is 1. The number of carbonyl (C=O) groups excluding carboxylic acids is 1. The standard InChI is InChI=1S/C10H7F3N2O/c1-5(4-14)15-10(16)6-2-3-7(11)9(13)8(6)12/h2-3,5H,1H3,(H,15,16). The molecule has 0 spiro atoms. The molecule has 0 saturated heterocycles. The molecule has 16 heavy (non-hydrogen) atoms. The molecule has 0 radical (unpaired) electrons. The quantitative estimate of drug-likeness (QED) is 0.784. The van der Waals surface area contributed by atoms with Crippen LogP contribution in [-0.4, -0.2) is 11.9 Å². The fourth-order valence-electron chi connectivity index (χ4n) is 1.01. The Kier molecular flexibility index (Phi) is 3.51. The third-order valence-corrected chi connectivity index (χ3v) is 1.82. The number of amides is 1. The Hall–Kier alpha value is -2.03. The summed E-state index contributed by atoms with van der Waals surface area (Å²) in [7, 11) is 0. The number of nitrogens with one attached hydrogen (secondary N) is 1. The van der Waals surface area contributed by atoms with Crippen LogP contribution in [0, 0.1) is 28.8 Å². The van der Waals surface area contributed by atoms with E-state index in [0.717, 1.165) is 6.07 Å². The van der Waals surface area contributed by atoms with Gasteiger partial charge in [0.25, 0.3) is 5.91 Å². The number of carbonyl (C=O) groups is 1. The molecule has 0 bridgehead atoms. The van der Waals surface area contributed by atoms with Gasteiger partial charge in [0.05, 0.1) is 11.6 Å². The van der Waals surface area contributed by atoms with Crippen LogP contribution >= 0.6 is 0 Å². The smallest absolute Gasteiger partial charge is 0.255 e. The van der Waals surface area contributed by atoms with Crippen LogP contribution in [-0.2, 0) is 0 Å². The lowest BCUT2D eigenvalue weighted by atomic mass is 10.1. The fraction of sp³-hybridized carbons (Fsp3) is 0.200. The van der Waals surface area contributed by atoms with E-state index in [1.165, 1.54) is 6.92 Å². The summed E-state index contributed by atoms with van der Waals surface area (Å²) in [6.07, 6.45) is 0. The topological polar surface area (TPSA) is 52.9 Å². The van der Waals surface area contributed by atoms with Crippen molar-refractivity contribution < 1.29 is 18.0 Å². The van der Waals surface area contributed by atoms with Gasteiger partial charge in [0.2, 0.25) is 0 Å². The molecule has 1 aromatic carbocycles. The van der Waals surface area contributed by atoms with E-state index >= 15 is 0 Å². The molecule has 3 nitrogen and oxygen atoms in total. The van der Waals surface area contributed by atoms with E-state index in [0.29, 0.717) is 6.07 Å². The molecular formula is C10H7F3N2O. The van der Waals surface area contributed by atoms with Gasteiger partial charge in [0.15, 0.2) is 17.5 Å². The Morgan fingerprint density at radius 2 is 2.00 bits per heavy atom. The first-order valence-electron chi connectivity index (χ1n) is 4.31. The average molecular weight is 228 g/mol. The van der Waals surface area contributed by atoms with Crippen LogP contribution in [0.4, 0.5) is 13.2 Å². The Labute approximate surface area is 89.5 Å². The number of nitrogens with zero attached hydrogens (tertiary/aromatic N) is 1. The van der Waals surface area contributed by atoms with Gasteiger partial charge in [-0.15, -0.1) is 0 Å². The third-order valence-electron chi connectivity index (χ3n) is 1.82. The molecule has 0 aliphatic carbocycles. The Morgan fingerprint density at radius 3 is 2.56 bits per heavy atom. The van der Waals surface area contributed by atoms with Crippen molar-refractivity contribution in [2.45, 2.75) is 13.0 Å². The summed E-state index contributed by atoms with van der Waals surface area (Å²) in [4.78, 5) is 11.3. The zero-order valence-corrected chi connectivity index (χ0v) is 8.22. The third kappa shape index (κ3) is 2.31. The summed E-state index contributed by atoms with van der Waals surface area (Å²) in [6.45, 7) is 1.37. The maximum absolute atomic E-state index is 13.1. The molecule has 1 N–H and O–H groups in total. The van der Waals surface area contributed by atoms with Crippen molar-refractivity contribution in [2.75, 3.05) is 0 Å². The van der Waals surface area contributed by atoms with E-state index < -0.39 is 35.0 Å². The minimum absolute atomic E-state index is 0.638. The van der Waals surface area contributed by atoms with Gasteiger partial charge in [0.1, 0.15) is 6.04 Å². The highest BCUT2D eigenvalue weighted by Crippen LogP contribution is 2.15. The van der Waals surface area contributed by atoms with Crippen molar-refractivity contribution in [1.29, 1.82) is 5.26 Å². The van der Waals surface area contributed by atoms with Gasteiger partial charge in [-0.2, -0.15) is 5.26 Å². The summed E-state index contributed by atoms with van der Waals surface area (Å²) in [6, 6.07) is 2.30. The zero-order valence-electron chi connectivity index (χ0n) is 8.22. The first-order valence-corrected chi connectivity index (χ1v) is 4.31. The number of hydrogen-bond acceptors (Lipinski definition) is 2. The lowest BCUT2D eigenvalue weighted by molar-refractivity contribution is 0.0942. The summed E-state index contributed by atoms with van der Waals surface area (Å²) in [5.74, 6) is -5.62. The summed E-state index contributed by atoms with van der Waals surface area (Å²) in [5, 5.41) is 10.5. The van der Waals surface area contributed by atoms with E-state index in [2.05, 4.69) is 5.32 Å². The van der Waals surface area contributed by atoms with E-state index in [9.17, 15) is 18.0 Å². The first kappa shape index (κ1) is 12.0. The van der Waals surface area contributed by atoms with Gasteiger partial charge in [-0.25, -0.2) is 13.2 Å². The van der Waals surface area contributed by atoms with Crippen molar-refractivity contribution >= 4 is 5.91 Å². The molecule has 0 aliphatic heterocycles. The van der Waals surface area contributed by atoms with E-state index in [4.69, 9.17) is 5.26 Å². The van der Waals surface area contributed by atoms with Crippen molar-refractivity contribution in [1.82, 2.24) is 5.32 Å². The predicted octanol–water partition coefficient (Wildman–Crippen LogP) is 1.75. The van der Waals surface area contributed by atoms with Gasteiger partial charge < -0.3 is 5.32 Å². The molecule has 84 valence electrons. The summed E-state index contributed by atoms with van der Waals surface area (Å²) >= 11 is 0. The van der Waals surface area contributed by atoms with Crippen LogP contribution in [0.5, 0.6) is 0 Å². The van der Waals surface area contributed by atoms with Crippen LogP contribution in [0.15, 0.2) is 12.1 Å². The summed E-state index contributed by atoms with van der Waals surface area (Å²) in [5.41, 5.74) is -0.638. The average Bonchev–Trinajstić information content (AvgIpc) is 2.25. The van der Waals surface area contributed by atoms with Gasteiger partial charge >= 0.3 is 0 Å². The predicted molar refractivity (Wildman–Crippen MR) is 48.9 cm³/mol. The van der Waals surface area contributed by atoms with Gasteiger partial charge in [-0.1, -0.05) is 0 Å². The molecule has 0 aromatic heterocycles. The monoisotopic (exact) mass is 228 g/mol. The van der Waals surface area contributed by atoms with Gasteiger partial charge in [-0.05, 0) is 19.1 Å². The highest BCUT2D eigenvalue weighted by atomic mass is 19.2. The largest absolute Gasteiger partial charge is 0.336 e. The molecule has 0 aliphatic rings. The Balaban J connectivity index is 3.02. The van der Waals surface area contributed by atoms with Crippen LogP contribution in [0.25, 0.3) is 0 Å². The maximum atomic E-state index is 13.1. The SMILES string of the molecule is CC(C#N)NC(=O)c1ccc(F)c(F)c1F. The number of rotatable bonds is 2. The second-order valence-electron chi connectivity index (χ2n) is 3.05. The van der Waals surface area contributed by atoms with Crippen LogP contribution in [0.1, 0.15) is 17.3 Å². The van der Waals surface area contributed by atoms with Gasteiger partial charge in [0, 0.05) is 0 Å². The lowest BCUT2D eigenvalue weighted by Gasteiger charge is -2.07. The molecule has 1 amide bonds. The molecule has 0 fully saturated rings. The van der Waals surface area contributed by atoms with Crippen molar-refractivity contribution in [3.63, 3.8) is 0 Å². The van der Waals surface area contributed by atoms with Crippen LogP contribution in [0.2, 0.25) is 0 Å². The first-order chi connectivity index (χ1) is 7.47. The van der Waals surface area contributed by atoms with Gasteiger partial charge in [-0.3, -0.25) is 4.79 Å². The van der Waals surface area contributed by atoms with Crippen molar-refractivity contribution in [3.8, 4) is 6.07 Å². The molecule has 1 rings (SSSR count). The number of hydrogen-bond donors (Lipinski definition) is 1. The molecule has 0 saturated carbocycles. The molecule has 1 aromatic rings. The lowest BCUT2D eigenvalue weighted by Crippen LogP contribution is -2.32. The number of nitriles is 1. The van der Waals surface area contributed by atoms with Crippen LogP contribution in [0.3, 0.4) is 0 Å². The van der Waals surface area contributed by atoms with E-state index in [1.54, 1.807) is 6.07 Å². The van der Waals surface area contributed by atoms with E-state index in [1.807, 2.05) is 0 Å². The highest BCUT2D eigenvalue weighted by molar-refractivity contribution is 5.94. The number of halogens is 3. The molecule has 6 heteroatoms. The minimum Gasteiger partial charge on any atom is -0.336 e. The second-order valence-corrected chi connectivity index (χ2v) is 3.05. The highest BCUT2D eigenvalue weighted by Gasteiger charge is 2.19. The van der Waals surface area contributed by atoms with Crippen molar-refractivity contribution in [2.24, 2.45) is 0 Å². The van der Waals surface area contributed by atoms with Crippen molar-refractivity contribution in [3.05, 3.63) is 35.1 Å². The minimum atomic E-state index is -1.71. The molecule has 1 atom stereocenters. The molecular weight excluding hydrogens is 221 g/mol. The fourth-order valence-corrected chi connectivity index (χ4v) is 1.01. The summed E-state index contributed by atoms with van der Waals surface area (Å²) < 4.78 is 38.4. The zero-order chi connectivity index (χ0) is 12.3. The Bertz CT molecular complexity index is 468. The van der Waals surface area contributed by atoms with Crippen LogP contribution < -0.4 is 5.32 Å². The second kappa shape index (κ2) is 4.66. The maximum Gasteiger partial charge on any atom is 0.255 e. The molecule has 0 heterocycles. The molecule has 1 unspecified atom stereocenters. The normalized spacial score (nSPS) is 11.7. The Morgan fingerprint density at radius 1 is 1.38 bits per heavy atom. The van der Waals surface area contributed by atoms with E-state index in [-0.39, 0.29) is 0 Å².